The third-order valence-corrected chi connectivity index (χ3v) is 8.35. The Hall–Kier alpha value is -2.16. The van der Waals surface area contributed by atoms with Gasteiger partial charge in [0.2, 0.25) is 0 Å². The fourth-order valence-corrected chi connectivity index (χ4v) is 5.73. The van der Waals surface area contributed by atoms with Gasteiger partial charge in [0, 0.05) is 38.3 Å². The Kier molecular flexibility index (Phi) is 9.91. The largest absolute Gasteiger partial charge is 0.481 e. The molecule has 2 heterocycles. The number of hydrogen-bond acceptors (Lipinski definition) is 6. The van der Waals surface area contributed by atoms with Gasteiger partial charge < -0.3 is 10.2 Å². The first-order chi connectivity index (χ1) is 15.8. The first kappa shape index (κ1) is 28.1. The third kappa shape index (κ3) is 8.56. The maximum Gasteiger partial charge on any atom is 0.309 e. The van der Waals surface area contributed by atoms with Gasteiger partial charge in [-0.05, 0) is 82.1 Å². The summed E-state index contributed by atoms with van der Waals surface area (Å²) in [5.41, 5.74) is -1.14. The molecule has 0 radical (unpaired) electrons. The van der Waals surface area contributed by atoms with Gasteiger partial charge in [0.25, 0.3) is 0 Å². The molecule has 0 aromatic carbocycles. The van der Waals surface area contributed by atoms with Crippen LogP contribution in [0.15, 0.2) is 45.0 Å². The molecule has 0 saturated carbocycles. The van der Waals surface area contributed by atoms with E-state index in [2.05, 4.69) is 0 Å². The lowest BCUT2D eigenvalue weighted by Crippen LogP contribution is -2.23. The number of allylic oxidation sites excluding steroid dienone is 4. The van der Waals surface area contributed by atoms with Crippen molar-refractivity contribution in [3.05, 3.63) is 60.1 Å². The Balaban J connectivity index is 2.06. The van der Waals surface area contributed by atoms with Crippen LogP contribution in [0.1, 0.15) is 69.6 Å². The van der Waals surface area contributed by atoms with Crippen molar-refractivity contribution in [3.63, 3.8) is 0 Å². The second kappa shape index (κ2) is 12.0. The Bertz CT molecular complexity index is 1090. The van der Waals surface area contributed by atoms with Crippen molar-refractivity contribution in [2.24, 2.45) is 10.8 Å². The van der Waals surface area contributed by atoms with E-state index in [0.717, 1.165) is 24.1 Å². The number of rotatable bonds is 12. The zero-order valence-electron chi connectivity index (χ0n) is 20.3. The second-order valence-corrected chi connectivity index (χ2v) is 12.8. The highest BCUT2D eigenvalue weighted by Gasteiger charge is 2.27. The molecule has 2 rings (SSSR count). The van der Waals surface area contributed by atoms with E-state index >= 15 is 0 Å². The summed E-state index contributed by atoms with van der Waals surface area (Å²) in [7, 11) is -1.51. The van der Waals surface area contributed by atoms with E-state index in [1.807, 2.05) is 13.8 Å². The molecule has 8 heteroatoms. The van der Waals surface area contributed by atoms with Crippen molar-refractivity contribution < 1.29 is 24.0 Å². The van der Waals surface area contributed by atoms with Crippen LogP contribution < -0.4 is 5.43 Å². The zero-order chi connectivity index (χ0) is 25.5. The van der Waals surface area contributed by atoms with Crippen LogP contribution in [0.5, 0.6) is 0 Å². The zero-order valence-corrected chi connectivity index (χ0v) is 21.9. The van der Waals surface area contributed by atoms with Crippen molar-refractivity contribution in [2.45, 2.75) is 66.2 Å². The first-order valence-corrected chi connectivity index (χ1v) is 13.3. The molecule has 0 aliphatic carbocycles. The lowest BCUT2D eigenvalue weighted by Gasteiger charge is -2.20. The quantitative estimate of drug-likeness (QED) is 0.420. The van der Waals surface area contributed by atoms with Crippen LogP contribution in [0.2, 0.25) is 0 Å². The Morgan fingerprint density at radius 1 is 1.03 bits per heavy atom. The van der Waals surface area contributed by atoms with Crippen LogP contribution in [0.3, 0.4) is 0 Å². The second-order valence-electron chi connectivity index (χ2n) is 10.0. The van der Waals surface area contributed by atoms with E-state index in [0.29, 0.717) is 33.9 Å². The number of aliphatic hydroxyl groups excluding tert-OH is 1. The summed E-state index contributed by atoms with van der Waals surface area (Å²) < 4.78 is 13.0. The van der Waals surface area contributed by atoms with Gasteiger partial charge in [0.15, 0.2) is 11.2 Å². The molecule has 186 valence electrons. The van der Waals surface area contributed by atoms with Crippen molar-refractivity contribution >= 4 is 40.0 Å². The normalized spacial score (nSPS) is 17.1. The Labute approximate surface area is 207 Å². The van der Waals surface area contributed by atoms with Crippen LogP contribution in [0, 0.1) is 10.8 Å². The molecule has 2 N–H and O–H groups in total. The van der Waals surface area contributed by atoms with Gasteiger partial charge in [0.1, 0.15) is 0 Å². The van der Waals surface area contributed by atoms with Gasteiger partial charge in [0.05, 0.1) is 16.2 Å². The van der Waals surface area contributed by atoms with E-state index in [1.165, 1.54) is 29.6 Å². The van der Waals surface area contributed by atoms with E-state index in [-0.39, 0.29) is 23.2 Å². The van der Waals surface area contributed by atoms with E-state index in [4.69, 9.17) is 0 Å². The van der Waals surface area contributed by atoms with Crippen LogP contribution in [0.4, 0.5) is 0 Å². The fourth-order valence-electron chi connectivity index (χ4n) is 3.43. The Morgan fingerprint density at radius 3 is 2.35 bits per heavy atom. The molecule has 6 nitrogen and oxygen atoms in total. The standard InChI is InChI=1S/C26H34O6S2/c1-25(2,17-27)11-5-7-20-13-18(28)14-21(33-20)9-10-23-16-19(29)15-22(34(23)32)8-6-12-26(3,4)24(30)31/h9-10,13-16,27H,5-8,11-12,17H2,1-4H3,(H,30,31)/b10-9-. The highest BCUT2D eigenvalue weighted by molar-refractivity contribution is 7.93. The number of hydrogen-bond donors (Lipinski definition) is 2. The minimum Gasteiger partial charge on any atom is -0.481 e. The summed E-state index contributed by atoms with van der Waals surface area (Å²) in [6.45, 7) is 7.42. The number of carbonyl (C=O) groups excluding carboxylic acids is 1. The summed E-state index contributed by atoms with van der Waals surface area (Å²) in [5.74, 6) is -1.13. The molecular weight excluding hydrogens is 472 g/mol. The summed E-state index contributed by atoms with van der Waals surface area (Å²) in [6, 6.07) is 3.14. The van der Waals surface area contributed by atoms with Gasteiger partial charge in [-0.25, -0.2) is 4.21 Å². The number of carboxylic acids is 1. The average Bonchev–Trinajstić information content (AvgIpc) is 2.74. The minimum atomic E-state index is -1.51. The lowest BCUT2D eigenvalue weighted by atomic mass is 9.87. The maximum atomic E-state index is 13.0. The average molecular weight is 507 g/mol. The molecule has 1 atom stereocenters. The number of aliphatic carboxylic acids is 1. The monoisotopic (exact) mass is 506 g/mol. The molecule has 1 unspecified atom stereocenters. The van der Waals surface area contributed by atoms with E-state index in [1.54, 1.807) is 32.1 Å². The minimum absolute atomic E-state index is 0.105. The van der Waals surface area contributed by atoms with Gasteiger partial charge in [-0.2, -0.15) is 0 Å². The van der Waals surface area contributed by atoms with Crippen molar-refractivity contribution in [3.8, 4) is 0 Å². The molecule has 1 aliphatic heterocycles. The van der Waals surface area contributed by atoms with Crippen LogP contribution in [-0.4, -0.2) is 32.8 Å². The smallest absolute Gasteiger partial charge is 0.309 e. The van der Waals surface area contributed by atoms with Crippen LogP contribution in [0.25, 0.3) is 6.08 Å². The molecule has 34 heavy (non-hydrogen) atoms. The molecular formula is C26H34O6S2. The third-order valence-electron chi connectivity index (χ3n) is 5.80. The van der Waals surface area contributed by atoms with Crippen molar-refractivity contribution in [1.29, 1.82) is 0 Å². The number of carbonyl (C=O) groups is 2. The first-order valence-electron chi connectivity index (χ1n) is 11.4. The summed E-state index contributed by atoms with van der Waals surface area (Å²) in [4.78, 5) is 38.1. The fraction of sp³-hybridized carbons (Fsp3) is 0.500. The van der Waals surface area contributed by atoms with Crippen LogP contribution in [-0.2, 0) is 26.8 Å². The highest BCUT2D eigenvalue weighted by atomic mass is 32.2. The van der Waals surface area contributed by atoms with E-state index in [9.17, 15) is 28.8 Å². The van der Waals surface area contributed by atoms with Gasteiger partial charge in [-0.1, -0.05) is 13.8 Å². The number of ketones is 1. The van der Waals surface area contributed by atoms with Crippen molar-refractivity contribution in [1.82, 2.24) is 0 Å². The molecule has 1 aliphatic rings. The molecule has 1 aromatic heterocycles. The van der Waals surface area contributed by atoms with E-state index < -0.39 is 22.2 Å². The molecule has 1 aromatic rings. The maximum absolute atomic E-state index is 13.0. The van der Waals surface area contributed by atoms with Crippen molar-refractivity contribution in [2.75, 3.05) is 6.61 Å². The predicted molar refractivity (Wildman–Crippen MR) is 138 cm³/mol. The number of aliphatic hydroxyl groups is 1. The SMILES string of the molecule is CC(C)(CO)CCCc1cc(=O)cc(/C=C\C2=CC(=O)C=C(CCCC(C)(C)C(=O)O)S2=O)s1. The molecule has 0 bridgehead atoms. The molecule has 0 fully saturated rings. The van der Waals surface area contributed by atoms with Crippen LogP contribution >= 0.6 is 11.3 Å². The van der Waals surface area contributed by atoms with Gasteiger partial charge in [-0.15, -0.1) is 11.3 Å². The number of aryl methyl sites for hydroxylation is 1. The topological polar surface area (TPSA) is 109 Å². The number of carboxylic acid groups (broad SMARTS) is 1. The molecule has 0 saturated heterocycles. The van der Waals surface area contributed by atoms with Gasteiger partial charge >= 0.3 is 5.97 Å². The Morgan fingerprint density at radius 2 is 1.71 bits per heavy atom. The summed E-state index contributed by atoms with van der Waals surface area (Å²) in [5, 5.41) is 18.6. The molecule has 0 amide bonds. The lowest BCUT2D eigenvalue weighted by molar-refractivity contribution is -0.147. The summed E-state index contributed by atoms with van der Waals surface area (Å²) >= 11 is 1.47. The predicted octanol–water partition coefficient (Wildman–Crippen LogP) is 4.84. The summed E-state index contributed by atoms with van der Waals surface area (Å²) in [6.07, 6.45) is 9.77. The molecule has 0 spiro atoms. The van der Waals surface area contributed by atoms with Gasteiger partial charge in [-0.3, -0.25) is 14.4 Å². The highest BCUT2D eigenvalue weighted by Crippen LogP contribution is 2.29.